The van der Waals surface area contributed by atoms with Crippen molar-refractivity contribution in [3.05, 3.63) is 52.2 Å². The highest BCUT2D eigenvalue weighted by atomic mass is 32.2. The summed E-state index contributed by atoms with van der Waals surface area (Å²) in [4.78, 5) is 34.7. The number of rotatable bonds is 6. The summed E-state index contributed by atoms with van der Waals surface area (Å²) >= 11 is 1.49. The average molecular weight is 456 g/mol. The maximum atomic E-state index is 13.2. The van der Waals surface area contributed by atoms with E-state index in [9.17, 15) is 9.59 Å². The largest absolute Gasteiger partial charge is 0.497 e. The summed E-state index contributed by atoms with van der Waals surface area (Å²) in [7, 11) is 1.62. The number of allylic oxidation sites excluding steroid dienone is 1. The van der Waals surface area contributed by atoms with E-state index in [0.29, 0.717) is 11.3 Å². The predicted octanol–water partition coefficient (Wildman–Crippen LogP) is 4.23. The minimum Gasteiger partial charge on any atom is -0.497 e. The van der Waals surface area contributed by atoms with Gasteiger partial charge in [0.15, 0.2) is 5.17 Å². The first-order chi connectivity index (χ1) is 15.4. The molecule has 170 valence electrons. The summed E-state index contributed by atoms with van der Waals surface area (Å²) in [5.74, 6) is 0.464. The van der Waals surface area contributed by atoms with Crippen molar-refractivity contribution in [2.75, 3.05) is 20.2 Å². The van der Waals surface area contributed by atoms with E-state index in [-0.39, 0.29) is 24.4 Å². The van der Waals surface area contributed by atoms with Crippen LogP contribution >= 0.6 is 11.8 Å². The molecule has 8 heteroatoms. The summed E-state index contributed by atoms with van der Waals surface area (Å²) in [6.45, 7) is 7.13. The molecule has 3 aliphatic rings. The number of ether oxygens (including phenoxy) is 2. The summed E-state index contributed by atoms with van der Waals surface area (Å²) in [5, 5.41) is 2.75. The molecule has 1 fully saturated rings. The van der Waals surface area contributed by atoms with Crippen LogP contribution in [0.25, 0.3) is 0 Å². The first kappa shape index (κ1) is 22.5. The normalized spacial score (nSPS) is 20.3. The van der Waals surface area contributed by atoms with Gasteiger partial charge in [-0.25, -0.2) is 9.79 Å². The van der Waals surface area contributed by atoms with Gasteiger partial charge in [0, 0.05) is 18.8 Å². The van der Waals surface area contributed by atoms with E-state index in [4.69, 9.17) is 14.5 Å². The molecule has 0 aliphatic carbocycles. The molecule has 3 aliphatic heterocycles. The van der Waals surface area contributed by atoms with Crippen LogP contribution in [0.3, 0.4) is 0 Å². The topological polar surface area (TPSA) is 71.4 Å². The second-order valence-electron chi connectivity index (χ2n) is 8.38. The number of thioether (sulfide) groups is 1. The quantitative estimate of drug-likeness (QED) is 0.598. The average Bonchev–Trinajstić information content (AvgIpc) is 3.43. The summed E-state index contributed by atoms with van der Waals surface area (Å²) < 4.78 is 10.9. The molecule has 4 rings (SSSR count). The zero-order chi connectivity index (χ0) is 22.8. The Morgan fingerprint density at radius 3 is 2.50 bits per heavy atom. The molecule has 0 aromatic heterocycles. The summed E-state index contributed by atoms with van der Waals surface area (Å²) in [6, 6.07) is 7.23. The molecule has 0 N–H and O–H groups in total. The number of carbonyl (C=O) groups is 2. The van der Waals surface area contributed by atoms with Crippen molar-refractivity contribution in [2.45, 2.75) is 52.2 Å². The van der Waals surface area contributed by atoms with Gasteiger partial charge in [0.05, 0.1) is 36.9 Å². The van der Waals surface area contributed by atoms with Crippen LogP contribution in [0.1, 0.15) is 51.6 Å². The number of hydrogen-bond donors (Lipinski definition) is 0. The Morgan fingerprint density at radius 2 is 1.88 bits per heavy atom. The summed E-state index contributed by atoms with van der Waals surface area (Å²) in [5.41, 5.74) is 2.90. The van der Waals surface area contributed by atoms with E-state index in [0.717, 1.165) is 48.1 Å². The van der Waals surface area contributed by atoms with Crippen molar-refractivity contribution in [3.8, 4) is 5.75 Å². The molecule has 1 unspecified atom stereocenters. The fourth-order valence-electron chi connectivity index (χ4n) is 4.24. The SMILES string of the molecule is COc1ccc(C2C(C(=O)OC(C)C)=C(C)N=C3SC=C(CC(=O)N4CCCC4)N32)cc1. The fourth-order valence-corrected chi connectivity index (χ4v) is 5.21. The molecule has 0 spiro atoms. The Kier molecular flexibility index (Phi) is 6.60. The maximum Gasteiger partial charge on any atom is 0.338 e. The predicted molar refractivity (Wildman–Crippen MR) is 125 cm³/mol. The standard InChI is InChI=1S/C24H29N3O4S/c1-15(2)31-23(29)21-16(3)25-24-27(22(21)17-7-9-19(30-4)10-8-17)18(14-32-24)13-20(28)26-11-5-6-12-26/h7-10,14-15,22H,5-6,11-13H2,1-4H3. The van der Waals surface area contributed by atoms with Crippen molar-refractivity contribution in [2.24, 2.45) is 4.99 Å². The molecule has 1 atom stereocenters. The monoisotopic (exact) mass is 455 g/mol. The Balaban J connectivity index is 1.71. The van der Waals surface area contributed by atoms with Crippen LogP contribution in [-0.4, -0.2) is 53.1 Å². The molecule has 0 saturated carbocycles. The minimum absolute atomic E-state index is 0.113. The molecule has 0 radical (unpaired) electrons. The Bertz CT molecular complexity index is 991. The second kappa shape index (κ2) is 9.40. The Morgan fingerprint density at radius 1 is 1.19 bits per heavy atom. The van der Waals surface area contributed by atoms with Crippen molar-refractivity contribution >= 4 is 28.8 Å². The Labute approximate surface area is 193 Å². The zero-order valence-electron chi connectivity index (χ0n) is 19.0. The highest BCUT2D eigenvalue weighted by molar-refractivity contribution is 8.16. The molecule has 32 heavy (non-hydrogen) atoms. The molecule has 1 aromatic carbocycles. The molecular formula is C24H29N3O4S. The van der Waals surface area contributed by atoms with Crippen LogP contribution in [0, 0.1) is 0 Å². The highest BCUT2D eigenvalue weighted by Gasteiger charge is 2.41. The molecular weight excluding hydrogens is 426 g/mol. The number of benzene rings is 1. The third-order valence-electron chi connectivity index (χ3n) is 5.79. The van der Waals surface area contributed by atoms with Crippen molar-refractivity contribution in [1.82, 2.24) is 9.80 Å². The van der Waals surface area contributed by atoms with Crippen molar-refractivity contribution in [1.29, 1.82) is 0 Å². The van der Waals surface area contributed by atoms with E-state index in [1.165, 1.54) is 11.8 Å². The number of amides is 1. The molecule has 3 heterocycles. The number of methoxy groups -OCH3 is 1. The number of esters is 1. The smallest absolute Gasteiger partial charge is 0.338 e. The maximum absolute atomic E-state index is 13.2. The van der Waals surface area contributed by atoms with Gasteiger partial charge in [-0.3, -0.25) is 4.79 Å². The Hall–Kier alpha value is -2.74. The van der Waals surface area contributed by atoms with Gasteiger partial charge in [0.1, 0.15) is 5.75 Å². The lowest BCUT2D eigenvalue weighted by atomic mass is 9.93. The first-order valence-corrected chi connectivity index (χ1v) is 11.8. The van der Waals surface area contributed by atoms with Gasteiger partial charge in [0.2, 0.25) is 5.91 Å². The van der Waals surface area contributed by atoms with Gasteiger partial charge in [0.25, 0.3) is 0 Å². The van der Waals surface area contributed by atoms with E-state index in [2.05, 4.69) is 0 Å². The third-order valence-corrected chi connectivity index (χ3v) is 6.67. The van der Waals surface area contributed by atoms with Crippen LogP contribution in [0.4, 0.5) is 0 Å². The lowest BCUT2D eigenvalue weighted by Gasteiger charge is -2.36. The minimum atomic E-state index is -0.424. The number of nitrogens with zero attached hydrogens (tertiary/aromatic N) is 3. The van der Waals surface area contributed by atoms with Crippen LogP contribution in [0.2, 0.25) is 0 Å². The van der Waals surface area contributed by atoms with Gasteiger partial charge in [-0.15, -0.1) is 0 Å². The van der Waals surface area contributed by atoms with Crippen LogP contribution < -0.4 is 4.74 Å². The van der Waals surface area contributed by atoms with Crippen molar-refractivity contribution < 1.29 is 19.1 Å². The van der Waals surface area contributed by atoms with E-state index in [1.807, 2.05) is 60.2 Å². The van der Waals surface area contributed by atoms with Crippen LogP contribution in [0.15, 0.2) is 51.6 Å². The van der Waals surface area contributed by atoms with Crippen LogP contribution in [0.5, 0.6) is 5.75 Å². The van der Waals surface area contributed by atoms with Gasteiger partial charge in [-0.05, 0) is 56.7 Å². The number of amidine groups is 1. The highest BCUT2D eigenvalue weighted by Crippen LogP contribution is 2.45. The molecule has 7 nitrogen and oxygen atoms in total. The van der Waals surface area contributed by atoms with E-state index < -0.39 is 6.04 Å². The van der Waals surface area contributed by atoms with E-state index in [1.54, 1.807) is 7.11 Å². The number of hydrogen-bond acceptors (Lipinski definition) is 7. The van der Waals surface area contributed by atoms with Gasteiger partial charge in [-0.1, -0.05) is 23.9 Å². The van der Waals surface area contributed by atoms with Gasteiger partial charge < -0.3 is 19.3 Å². The lowest BCUT2D eigenvalue weighted by molar-refractivity contribution is -0.143. The molecule has 0 bridgehead atoms. The zero-order valence-corrected chi connectivity index (χ0v) is 19.8. The van der Waals surface area contributed by atoms with Gasteiger partial charge in [-0.2, -0.15) is 0 Å². The number of fused-ring (bicyclic) bond motifs is 1. The number of likely N-dealkylation sites (tertiary alicyclic amines) is 1. The number of carbonyl (C=O) groups excluding carboxylic acids is 2. The number of aliphatic imine (C=N–C) groups is 1. The molecule has 1 saturated heterocycles. The lowest BCUT2D eigenvalue weighted by Crippen LogP contribution is -2.38. The molecule has 1 aromatic rings. The summed E-state index contributed by atoms with van der Waals surface area (Å²) in [6.07, 6.45) is 2.14. The fraction of sp³-hybridized carbons (Fsp3) is 0.458. The first-order valence-electron chi connectivity index (χ1n) is 11.0. The second-order valence-corrected chi connectivity index (χ2v) is 9.22. The molecule has 1 amide bonds. The van der Waals surface area contributed by atoms with Gasteiger partial charge >= 0.3 is 5.97 Å². The van der Waals surface area contributed by atoms with Crippen LogP contribution in [-0.2, 0) is 14.3 Å². The van der Waals surface area contributed by atoms with E-state index >= 15 is 0 Å². The third kappa shape index (κ3) is 4.41. The van der Waals surface area contributed by atoms with Crippen molar-refractivity contribution in [3.63, 3.8) is 0 Å².